The van der Waals surface area contributed by atoms with Gasteiger partial charge in [0.2, 0.25) is 0 Å². The lowest BCUT2D eigenvalue weighted by Crippen LogP contribution is -2.13. The van der Waals surface area contributed by atoms with Gasteiger partial charge < -0.3 is 9.47 Å². The highest BCUT2D eigenvalue weighted by molar-refractivity contribution is 4.99. The summed E-state index contributed by atoms with van der Waals surface area (Å²) in [5.41, 5.74) is 1.10. The van der Waals surface area contributed by atoms with Crippen molar-refractivity contribution in [1.29, 1.82) is 0 Å². The molecule has 54 valence electrons. The quantitative estimate of drug-likeness (QED) is 0.426. The topological polar surface area (TPSA) is 18.5 Å². The molecule has 0 saturated carbocycles. The van der Waals surface area contributed by atoms with Crippen molar-refractivity contribution in [3.63, 3.8) is 0 Å². The van der Waals surface area contributed by atoms with Crippen molar-refractivity contribution in [2.24, 2.45) is 0 Å². The zero-order valence-electron chi connectivity index (χ0n) is 6.47. The minimum absolute atomic E-state index is 0.171. The molecule has 0 spiro atoms. The first-order valence-corrected chi connectivity index (χ1v) is 2.94. The van der Waals surface area contributed by atoms with Crippen LogP contribution in [0.15, 0.2) is 11.6 Å². The summed E-state index contributed by atoms with van der Waals surface area (Å²) in [7, 11) is 3.25. The SMILES string of the molecule is CC=C(C)C(OC)OC. The third-order valence-electron chi connectivity index (χ3n) is 1.26. The Morgan fingerprint density at radius 2 is 1.78 bits per heavy atom. The molecule has 0 aromatic rings. The Balaban J connectivity index is 3.79. The standard InChI is InChI=1S/C7H14O2/c1-5-6(2)7(8-3)9-4/h5,7H,1-4H3. The van der Waals surface area contributed by atoms with E-state index in [0.717, 1.165) is 5.57 Å². The van der Waals surface area contributed by atoms with Crippen LogP contribution in [0.25, 0.3) is 0 Å². The molecule has 2 heteroatoms. The average molecular weight is 130 g/mol. The molecule has 0 unspecified atom stereocenters. The summed E-state index contributed by atoms with van der Waals surface area (Å²) in [4.78, 5) is 0. The number of hydrogen-bond donors (Lipinski definition) is 0. The van der Waals surface area contributed by atoms with Crippen molar-refractivity contribution in [2.75, 3.05) is 14.2 Å². The second-order valence-electron chi connectivity index (χ2n) is 1.84. The van der Waals surface area contributed by atoms with Crippen molar-refractivity contribution in [3.05, 3.63) is 11.6 Å². The molecule has 0 amide bonds. The van der Waals surface area contributed by atoms with Crippen LogP contribution >= 0.6 is 0 Å². The summed E-state index contributed by atoms with van der Waals surface area (Å²) in [6.07, 6.45) is 1.80. The molecule has 0 aliphatic rings. The van der Waals surface area contributed by atoms with Crippen LogP contribution in [0.5, 0.6) is 0 Å². The predicted molar refractivity (Wildman–Crippen MR) is 37.2 cm³/mol. The first kappa shape index (κ1) is 8.66. The summed E-state index contributed by atoms with van der Waals surface area (Å²) in [5, 5.41) is 0. The minimum Gasteiger partial charge on any atom is -0.352 e. The third kappa shape index (κ3) is 2.63. The number of methoxy groups -OCH3 is 2. The summed E-state index contributed by atoms with van der Waals surface area (Å²) in [5.74, 6) is 0. The Hall–Kier alpha value is -0.340. The van der Waals surface area contributed by atoms with Crippen LogP contribution in [0.1, 0.15) is 13.8 Å². The lowest BCUT2D eigenvalue weighted by Gasteiger charge is -2.12. The molecule has 0 aromatic heterocycles. The predicted octanol–water partition coefficient (Wildman–Crippen LogP) is 1.57. The van der Waals surface area contributed by atoms with Crippen LogP contribution in [-0.4, -0.2) is 20.5 Å². The van der Waals surface area contributed by atoms with E-state index in [1.54, 1.807) is 14.2 Å². The first-order chi connectivity index (χ1) is 4.26. The molecular weight excluding hydrogens is 116 g/mol. The average Bonchev–Trinajstić information content (AvgIpc) is 1.90. The smallest absolute Gasteiger partial charge is 0.178 e. The fourth-order valence-electron chi connectivity index (χ4n) is 0.604. The maximum atomic E-state index is 4.96. The molecule has 9 heavy (non-hydrogen) atoms. The van der Waals surface area contributed by atoms with Gasteiger partial charge in [-0.1, -0.05) is 6.08 Å². The molecule has 0 saturated heterocycles. The Morgan fingerprint density at radius 3 is 1.89 bits per heavy atom. The fourth-order valence-corrected chi connectivity index (χ4v) is 0.604. The van der Waals surface area contributed by atoms with Gasteiger partial charge in [0.05, 0.1) is 0 Å². The fraction of sp³-hybridized carbons (Fsp3) is 0.714. The van der Waals surface area contributed by atoms with Crippen LogP contribution in [-0.2, 0) is 9.47 Å². The van der Waals surface area contributed by atoms with E-state index in [-0.39, 0.29) is 6.29 Å². The van der Waals surface area contributed by atoms with E-state index in [2.05, 4.69) is 0 Å². The molecule has 0 radical (unpaired) electrons. The van der Waals surface area contributed by atoms with Crippen molar-refractivity contribution >= 4 is 0 Å². The lowest BCUT2D eigenvalue weighted by atomic mass is 10.3. The molecule has 0 fully saturated rings. The van der Waals surface area contributed by atoms with Gasteiger partial charge in [0.15, 0.2) is 6.29 Å². The van der Waals surface area contributed by atoms with E-state index in [9.17, 15) is 0 Å². The van der Waals surface area contributed by atoms with Crippen LogP contribution in [0, 0.1) is 0 Å². The Bertz CT molecular complexity index is 93.1. The molecule has 0 bridgehead atoms. The molecule has 0 aliphatic heterocycles. The molecule has 0 aliphatic carbocycles. The second-order valence-corrected chi connectivity index (χ2v) is 1.84. The highest BCUT2D eigenvalue weighted by atomic mass is 16.7. The molecule has 0 heterocycles. The van der Waals surface area contributed by atoms with Crippen molar-refractivity contribution in [3.8, 4) is 0 Å². The molecular formula is C7H14O2. The molecule has 0 aromatic carbocycles. The Labute approximate surface area is 56.5 Å². The van der Waals surface area contributed by atoms with Crippen LogP contribution in [0.3, 0.4) is 0 Å². The van der Waals surface area contributed by atoms with Crippen LogP contribution < -0.4 is 0 Å². The highest BCUT2D eigenvalue weighted by Gasteiger charge is 2.04. The summed E-state index contributed by atoms with van der Waals surface area (Å²) in [6.45, 7) is 3.93. The maximum absolute atomic E-state index is 4.96. The zero-order chi connectivity index (χ0) is 7.28. The van der Waals surface area contributed by atoms with Gasteiger partial charge in [0.1, 0.15) is 0 Å². The van der Waals surface area contributed by atoms with Gasteiger partial charge in [-0.15, -0.1) is 0 Å². The number of rotatable bonds is 3. The van der Waals surface area contributed by atoms with Gasteiger partial charge >= 0.3 is 0 Å². The third-order valence-corrected chi connectivity index (χ3v) is 1.26. The summed E-state index contributed by atoms with van der Waals surface area (Å²) >= 11 is 0. The summed E-state index contributed by atoms with van der Waals surface area (Å²) in [6, 6.07) is 0. The van der Waals surface area contributed by atoms with Gasteiger partial charge in [-0.25, -0.2) is 0 Å². The van der Waals surface area contributed by atoms with Gasteiger partial charge in [0.25, 0.3) is 0 Å². The van der Waals surface area contributed by atoms with Gasteiger partial charge in [-0.3, -0.25) is 0 Å². The highest BCUT2D eigenvalue weighted by Crippen LogP contribution is 2.04. The monoisotopic (exact) mass is 130 g/mol. The Morgan fingerprint density at radius 1 is 1.33 bits per heavy atom. The lowest BCUT2D eigenvalue weighted by molar-refractivity contribution is -0.0747. The van der Waals surface area contributed by atoms with E-state index in [4.69, 9.17) is 9.47 Å². The summed E-state index contributed by atoms with van der Waals surface area (Å²) < 4.78 is 9.92. The van der Waals surface area contributed by atoms with Gasteiger partial charge in [-0.05, 0) is 19.4 Å². The number of ether oxygens (including phenoxy) is 2. The van der Waals surface area contributed by atoms with Gasteiger partial charge in [0, 0.05) is 14.2 Å². The molecule has 0 rings (SSSR count). The largest absolute Gasteiger partial charge is 0.352 e. The van der Waals surface area contributed by atoms with Crippen molar-refractivity contribution < 1.29 is 9.47 Å². The minimum atomic E-state index is -0.171. The van der Waals surface area contributed by atoms with Crippen molar-refractivity contribution in [2.45, 2.75) is 20.1 Å². The van der Waals surface area contributed by atoms with E-state index >= 15 is 0 Å². The van der Waals surface area contributed by atoms with E-state index in [1.165, 1.54) is 0 Å². The maximum Gasteiger partial charge on any atom is 0.178 e. The number of allylic oxidation sites excluding steroid dienone is 1. The van der Waals surface area contributed by atoms with Crippen molar-refractivity contribution in [1.82, 2.24) is 0 Å². The molecule has 0 N–H and O–H groups in total. The normalized spacial score (nSPS) is 12.8. The first-order valence-electron chi connectivity index (χ1n) is 2.94. The van der Waals surface area contributed by atoms with Crippen LogP contribution in [0.4, 0.5) is 0 Å². The molecule has 2 nitrogen and oxygen atoms in total. The van der Waals surface area contributed by atoms with Crippen LogP contribution in [0.2, 0.25) is 0 Å². The van der Waals surface area contributed by atoms with E-state index in [0.29, 0.717) is 0 Å². The zero-order valence-corrected chi connectivity index (χ0v) is 6.47. The van der Waals surface area contributed by atoms with Gasteiger partial charge in [-0.2, -0.15) is 0 Å². The molecule has 0 atom stereocenters. The number of hydrogen-bond acceptors (Lipinski definition) is 2. The Kier molecular flexibility index (Phi) is 4.36. The van der Waals surface area contributed by atoms with E-state index < -0.39 is 0 Å². The second kappa shape index (κ2) is 4.53. The van der Waals surface area contributed by atoms with E-state index in [1.807, 2.05) is 19.9 Å².